The number of nitrogens with one attached hydrogen (secondary N) is 2. The fourth-order valence-corrected chi connectivity index (χ4v) is 3.42. The molecule has 0 aliphatic heterocycles. The zero-order valence-electron chi connectivity index (χ0n) is 15.5. The Morgan fingerprint density at radius 1 is 0.963 bits per heavy atom. The number of anilines is 3. The Hall–Kier alpha value is -3.13. The Labute approximate surface area is 160 Å². The van der Waals surface area contributed by atoms with Gasteiger partial charge in [0.05, 0.1) is 10.6 Å². The fraction of sp³-hybridized carbons (Fsp3) is 0.211. The predicted octanol–water partition coefficient (Wildman–Crippen LogP) is 4.06. The number of Topliss-reactive ketones (excluding diaryl/α,β-unsaturated/α-hetero) is 1. The smallest absolute Gasteiger partial charge is 0.257 e. The number of ketones is 1. The molecule has 2 N–H and O–H groups in total. The van der Waals surface area contributed by atoms with Crippen molar-refractivity contribution >= 4 is 39.8 Å². The van der Waals surface area contributed by atoms with Crippen LogP contribution in [0.4, 0.5) is 16.8 Å². The van der Waals surface area contributed by atoms with Gasteiger partial charge in [0, 0.05) is 29.6 Å². The molecule has 0 fully saturated rings. The van der Waals surface area contributed by atoms with Gasteiger partial charge in [0.1, 0.15) is 0 Å². The Morgan fingerprint density at radius 2 is 1.59 bits per heavy atom. The van der Waals surface area contributed by atoms with Gasteiger partial charge in [-0.15, -0.1) is 0 Å². The van der Waals surface area contributed by atoms with E-state index in [1.165, 1.54) is 18.3 Å². The number of hydrogen-bond donors (Lipinski definition) is 2. The Bertz CT molecular complexity index is 991. The third-order valence-corrected chi connectivity index (χ3v) is 4.90. The summed E-state index contributed by atoms with van der Waals surface area (Å²) in [5.41, 5.74) is 3.64. The third kappa shape index (κ3) is 4.53. The van der Waals surface area contributed by atoms with Gasteiger partial charge < -0.3 is 5.32 Å². The molecule has 0 bridgehead atoms. The van der Waals surface area contributed by atoms with Crippen molar-refractivity contribution in [1.29, 1.82) is 0 Å². The lowest BCUT2D eigenvalue weighted by atomic mass is 10.2. The van der Waals surface area contributed by atoms with Crippen LogP contribution in [-0.2, 0) is 0 Å². The minimum atomic E-state index is -0.284. The predicted molar refractivity (Wildman–Crippen MR) is 106 cm³/mol. The van der Waals surface area contributed by atoms with Crippen LogP contribution in [0.25, 0.3) is 0 Å². The first-order chi connectivity index (χ1) is 12.8. The molecule has 0 radical (unpaired) electrons. The van der Waals surface area contributed by atoms with Gasteiger partial charge in [0.2, 0.25) is 5.95 Å². The highest BCUT2D eigenvalue weighted by Crippen LogP contribution is 2.23. The van der Waals surface area contributed by atoms with Crippen LogP contribution in [0.3, 0.4) is 0 Å². The van der Waals surface area contributed by atoms with E-state index in [0.29, 0.717) is 27.2 Å². The monoisotopic (exact) mass is 381 g/mol. The zero-order valence-corrected chi connectivity index (χ0v) is 16.3. The van der Waals surface area contributed by atoms with Gasteiger partial charge >= 0.3 is 0 Å². The van der Waals surface area contributed by atoms with Crippen LogP contribution in [0, 0.1) is 20.8 Å². The van der Waals surface area contributed by atoms with E-state index >= 15 is 0 Å². The molecule has 0 unspecified atom stereocenters. The summed E-state index contributed by atoms with van der Waals surface area (Å²) < 4.78 is 0. The van der Waals surface area contributed by atoms with E-state index in [2.05, 4.69) is 25.6 Å². The molecule has 0 aliphatic carbocycles. The highest BCUT2D eigenvalue weighted by atomic mass is 32.1. The molecule has 27 heavy (non-hydrogen) atoms. The fourth-order valence-electron chi connectivity index (χ4n) is 2.56. The number of aryl methyl sites for hydroxylation is 3. The minimum absolute atomic E-state index is 0.0606. The number of carbonyl (C=O) groups is 2. The van der Waals surface area contributed by atoms with E-state index < -0.39 is 0 Å². The standard InChI is InChI=1S/C19H19N5O2S/c1-10-9-11(2)21-18(20-10)23-15-7-5-14(6-8-15)17(26)24-19-22-12(3)16(27-19)13(4)25/h5-9H,1-4H3,(H,20,21,23)(H,22,24,26). The van der Waals surface area contributed by atoms with E-state index in [0.717, 1.165) is 17.1 Å². The molecular weight excluding hydrogens is 362 g/mol. The van der Waals surface area contributed by atoms with Crippen LogP contribution in [0.5, 0.6) is 0 Å². The second-order valence-corrected chi connectivity index (χ2v) is 7.12. The summed E-state index contributed by atoms with van der Waals surface area (Å²) in [5.74, 6) is 0.169. The molecule has 8 heteroatoms. The first-order valence-electron chi connectivity index (χ1n) is 8.31. The number of hydrogen-bond acceptors (Lipinski definition) is 7. The molecule has 1 aromatic carbocycles. The van der Waals surface area contributed by atoms with Crippen LogP contribution in [0.15, 0.2) is 30.3 Å². The van der Waals surface area contributed by atoms with Crippen molar-refractivity contribution in [3.63, 3.8) is 0 Å². The largest absolute Gasteiger partial charge is 0.324 e. The lowest BCUT2D eigenvalue weighted by Crippen LogP contribution is -2.11. The molecule has 1 amide bonds. The number of thiazole rings is 1. The SMILES string of the molecule is CC(=O)c1sc(NC(=O)c2ccc(Nc3nc(C)cc(C)n3)cc2)nc1C. The van der Waals surface area contributed by atoms with Crippen molar-refractivity contribution in [2.75, 3.05) is 10.6 Å². The first kappa shape index (κ1) is 18.7. The maximum absolute atomic E-state index is 12.4. The average molecular weight is 381 g/mol. The lowest BCUT2D eigenvalue weighted by Gasteiger charge is -2.07. The number of rotatable bonds is 5. The van der Waals surface area contributed by atoms with Crippen LogP contribution < -0.4 is 10.6 Å². The number of aromatic nitrogens is 3. The summed E-state index contributed by atoms with van der Waals surface area (Å²) in [7, 11) is 0. The number of nitrogens with zero attached hydrogens (tertiary/aromatic N) is 3. The second kappa shape index (κ2) is 7.63. The molecule has 2 heterocycles. The van der Waals surface area contributed by atoms with Crippen molar-refractivity contribution in [3.8, 4) is 0 Å². The molecule has 7 nitrogen and oxygen atoms in total. The second-order valence-electron chi connectivity index (χ2n) is 6.12. The van der Waals surface area contributed by atoms with Crippen LogP contribution in [0.1, 0.15) is 44.0 Å². The van der Waals surface area contributed by atoms with Crippen LogP contribution in [-0.4, -0.2) is 26.6 Å². The van der Waals surface area contributed by atoms with Gasteiger partial charge in [0.15, 0.2) is 10.9 Å². The molecule has 0 spiro atoms. The maximum Gasteiger partial charge on any atom is 0.257 e. The van der Waals surface area contributed by atoms with Crippen LogP contribution in [0.2, 0.25) is 0 Å². The van der Waals surface area contributed by atoms with Gasteiger partial charge in [-0.05, 0) is 51.1 Å². The first-order valence-corrected chi connectivity index (χ1v) is 9.12. The molecular formula is C19H19N5O2S. The topological polar surface area (TPSA) is 96.9 Å². The van der Waals surface area contributed by atoms with E-state index in [9.17, 15) is 9.59 Å². The highest BCUT2D eigenvalue weighted by Gasteiger charge is 2.14. The van der Waals surface area contributed by atoms with Crippen molar-refractivity contribution in [2.45, 2.75) is 27.7 Å². The van der Waals surface area contributed by atoms with E-state index in [1.807, 2.05) is 19.9 Å². The van der Waals surface area contributed by atoms with Gasteiger partial charge in [-0.2, -0.15) is 0 Å². The minimum Gasteiger partial charge on any atom is -0.324 e. The normalized spacial score (nSPS) is 10.5. The summed E-state index contributed by atoms with van der Waals surface area (Å²) in [6.45, 7) is 7.05. The number of benzene rings is 1. The van der Waals surface area contributed by atoms with Gasteiger partial charge in [0.25, 0.3) is 5.91 Å². The molecule has 138 valence electrons. The Balaban J connectivity index is 1.70. The maximum atomic E-state index is 12.4. The van der Waals surface area contributed by atoms with E-state index in [4.69, 9.17) is 0 Å². The quantitative estimate of drug-likeness (QED) is 0.647. The molecule has 3 aromatic rings. The molecule has 0 atom stereocenters. The number of amides is 1. The molecule has 2 aromatic heterocycles. The lowest BCUT2D eigenvalue weighted by molar-refractivity contribution is 0.101. The Kier molecular flexibility index (Phi) is 5.27. The highest BCUT2D eigenvalue weighted by molar-refractivity contribution is 7.17. The van der Waals surface area contributed by atoms with Gasteiger partial charge in [-0.3, -0.25) is 14.9 Å². The molecule has 0 saturated carbocycles. The Morgan fingerprint density at radius 3 is 2.15 bits per heavy atom. The molecule has 3 rings (SSSR count). The van der Waals surface area contributed by atoms with Crippen LogP contribution >= 0.6 is 11.3 Å². The third-order valence-electron chi connectivity index (χ3n) is 3.72. The summed E-state index contributed by atoms with van der Waals surface area (Å²) in [6.07, 6.45) is 0. The molecule has 0 aliphatic rings. The van der Waals surface area contributed by atoms with Crippen molar-refractivity contribution < 1.29 is 9.59 Å². The van der Waals surface area contributed by atoms with E-state index in [1.54, 1.807) is 31.2 Å². The summed E-state index contributed by atoms with van der Waals surface area (Å²) in [5, 5.41) is 6.26. The van der Waals surface area contributed by atoms with Crippen molar-refractivity contribution in [1.82, 2.24) is 15.0 Å². The molecule has 0 saturated heterocycles. The van der Waals surface area contributed by atoms with Gasteiger partial charge in [-0.25, -0.2) is 15.0 Å². The van der Waals surface area contributed by atoms with Gasteiger partial charge in [-0.1, -0.05) is 11.3 Å². The number of carbonyl (C=O) groups excluding carboxylic acids is 2. The van der Waals surface area contributed by atoms with E-state index in [-0.39, 0.29) is 11.7 Å². The summed E-state index contributed by atoms with van der Waals surface area (Å²) in [4.78, 5) is 37.3. The average Bonchev–Trinajstić information content (AvgIpc) is 2.95. The summed E-state index contributed by atoms with van der Waals surface area (Å²) >= 11 is 1.18. The van der Waals surface area contributed by atoms with Crippen molar-refractivity contribution in [2.24, 2.45) is 0 Å². The zero-order chi connectivity index (χ0) is 19.6. The van der Waals surface area contributed by atoms with Crippen molar-refractivity contribution in [3.05, 3.63) is 57.9 Å². The summed E-state index contributed by atoms with van der Waals surface area (Å²) in [6, 6.07) is 8.86.